The van der Waals surface area contributed by atoms with E-state index in [-0.39, 0.29) is 0 Å². The van der Waals surface area contributed by atoms with Gasteiger partial charge in [-0.2, -0.15) is 0 Å². The molecule has 1 aliphatic rings. The molecule has 2 aromatic carbocycles. The van der Waals surface area contributed by atoms with Crippen LogP contribution in [0.15, 0.2) is 55.1 Å². The first-order chi connectivity index (χ1) is 12.6. The first-order valence-electron chi connectivity index (χ1n) is 8.39. The summed E-state index contributed by atoms with van der Waals surface area (Å²) in [5.41, 5.74) is 4.18. The van der Waals surface area contributed by atoms with Crippen LogP contribution in [-0.2, 0) is 6.42 Å². The fourth-order valence-electron chi connectivity index (χ4n) is 2.97. The molecule has 0 unspecified atom stereocenters. The van der Waals surface area contributed by atoms with Crippen LogP contribution in [0.3, 0.4) is 0 Å². The summed E-state index contributed by atoms with van der Waals surface area (Å²) in [6.07, 6.45) is 2.44. The number of ether oxygens (including phenoxy) is 2. The third kappa shape index (κ3) is 3.13. The molecular weight excluding hydrogens is 344 g/mol. The minimum absolute atomic E-state index is 0.478. The first-order valence-corrected chi connectivity index (χ1v) is 8.79. The molecule has 0 aliphatic carbocycles. The molecule has 26 heavy (non-hydrogen) atoms. The third-order valence-electron chi connectivity index (χ3n) is 4.27. The third-order valence-corrected chi connectivity index (χ3v) is 4.61. The van der Waals surface area contributed by atoms with Gasteiger partial charge in [0.2, 0.25) is 5.88 Å². The molecule has 0 radical (unpaired) electrons. The second-order valence-corrected chi connectivity index (χ2v) is 6.60. The second kappa shape index (κ2) is 6.77. The summed E-state index contributed by atoms with van der Waals surface area (Å²) < 4.78 is 12.1. The maximum absolute atomic E-state index is 6.05. The van der Waals surface area contributed by atoms with Crippen molar-refractivity contribution in [2.75, 3.05) is 6.61 Å². The van der Waals surface area contributed by atoms with Crippen LogP contribution in [0.2, 0.25) is 0 Å². The highest BCUT2D eigenvalue weighted by Crippen LogP contribution is 2.37. The number of aromatic amines is 1. The Labute approximate surface area is 157 Å². The zero-order valence-electron chi connectivity index (χ0n) is 14.4. The van der Waals surface area contributed by atoms with E-state index < -0.39 is 0 Å². The normalized spacial score (nSPS) is 11.9. The molecule has 0 fully saturated rings. The van der Waals surface area contributed by atoms with Gasteiger partial charge in [0.25, 0.3) is 0 Å². The van der Waals surface area contributed by atoms with E-state index in [0.29, 0.717) is 23.0 Å². The van der Waals surface area contributed by atoms with Crippen molar-refractivity contribution in [1.82, 2.24) is 9.97 Å². The molecule has 130 valence electrons. The van der Waals surface area contributed by atoms with Gasteiger partial charge in [-0.25, -0.2) is 4.98 Å². The largest absolute Gasteiger partial charge is 0.490 e. The van der Waals surface area contributed by atoms with E-state index in [1.165, 1.54) is 5.56 Å². The van der Waals surface area contributed by atoms with E-state index in [1.807, 2.05) is 36.4 Å². The van der Waals surface area contributed by atoms with Gasteiger partial charge >= 0.3 is 0 Å². The zero-order valence-corrected chi connectivity index (χ0v) is 15.2. The lowest BCUT2D eigenvalue weighted by molar-refractivity contribution is 0.363. The number of hydrogen-bond donors (Lipinski definition) is 1. The lowest BCUT2D eigenvalue weighted by Crippen LogP contribution is -2.08. The number of fused-ring (bicyclic) bond motifs is 2. The van der Waals surface area contributed by atoms with Gasteiger partial charge in [-0.05, 0) is 42.8 Å². The summed E-state index contributed by atoms with van der Waals surface area (Å²) in [5, 5.41) is 0. The van der Waals surface area contributed by atoms with Gasteiger partial charge in [0.15, 0.2) is 0 Å². The van der Waals surface area contributed by atoms with Crippen LogP contribution in [0.25, 0.3) is 11.4 Å². The standard InChI is InChI=1S/C21H18N2O2S/c1-3-10-24-16-7-5-14(6-8-16)19-22-20-17(21(26)23-19)12-15-11-13(2)4-9-18(15)25-20/h3-9,11H,1,10,12H2,2H3,(H,22,23,26). The molecule has 0 saturated carbocycles. The molecule has 5 heteroatoms. The van der Waals surface area contributed by atoms with Gasteiger partial charge in [-0.1, -0.05) is 42.6 Å². The van der Waals surface area contributed by atoms with Crippen LogP contribution >= 0.6 is 12.2 Å². The van der Waals surface area contributed by atoms with Crippen LogP contribution in [0.1, 0.15) is 16.7 Å². The van der Waals surface area contributed by atoms with Crippen molar-refractivity contribution in [2.45, 2.75) is 13.3 Å². The average molecular weight is 362 g/mol. The maximum atomic E-state index is 6.05. The minimum atomic E-state index is 0.478. The van der Waals surface area contributed by atoms with Crippen LogP contribution in [0, 0.1) is 11.6 Å². The lowest BCUT2D eigenvalue weighted by atomic mass is 10.0. The molecule has 1 aromatic heterocycles. The van der Waals surface area contributed by atoms with Crippen LogP contribution in [0.5, 0.6) is 17.4 Å². The molecule has 3 aromatic rings. The number of aromatic nitrogens is 2. The summed E-state index contributed by atoms with van der Waals surface area (Å²) in [4.78, 5) is 7.85. The highest BCUT2D eigenvalue weighted by molar-refractivity contribution is 7.71. The number of rotatable bonds is 4. The Morgan fingerprint density at radius 3 is 2.85 bits per heavy atom. The Morgan fingerprint density at radius 2 is 2.08 bits per heavy atom. The average Bonchev–Trinajstić information content (AvgIpc) is 2.65. The Morgan fingerprint density at radius 1 is 1.27 bits per heavy atom. The highest BCUT2D eigenvalue weighted by atomic mass is 32.1. The molecule has 1 N–H and O–H groups in total. The molecule has 0 amide bonds. The van der Waals surface area contributed by atoms with Crippen molar-refractivity contribution in [3.05, 3.63) is 76.5 Å². The van der Waals surface area contributed by atoms with Crippen molar-refractivity contribution >= 4 is 12.2 Å². The maximum Gasteiger partial charge on any atom is 0.205 e. The molecule has 1 aliphatic heterocycles. The number of benzene rings is 2. The number of nitrogens with one attached hydrogen (secondary N) is 1. The van der Waals surface area contributed by atoms with E-state index >= 15 is 0 Å². The number of hydrogen-bond acceptors (Lipinski definition) is 4. The van der Waals surface area contributed by atoms with Crippen molar-refractivity contribution in [3.63, 3.8) is 0 Å². The molecule has 0 saturated heterocycles. The Bertz CT molecular complexity index is 1040. The Balaban J connectivity index is 1.68. The second-order valence-electron chi connectivity index (χ2n) is 6.21. The number of H-pyrrole nitrogens is 1. The van der Waals surface area contributed by atoms with Gasteiger partial charge in [-0.3, -0.25) is 0 Å². The lowest BCUT2D eigenvalue weighted by Gasteiger charge is -2.20. The molecule has 0 spiro atoms. The zero-order chi connectivity index (χ0) is 18.1. The topological polar surface area (TPSA) is 47.1 Å². The molecule has 4 nitrogen and oxygen atoms in total. The molecule has 4 rings (SSSR count). The van der Waals surface area contributed by atoms with Gasteiger partial charge in [0.05, 0.1) is 5.56 Å². The number of aryl methyl sites for hydroxylation is 1. The summed E-state index contributed by atoms with van der Waals surface area (Å²) in [5.74, 6) is 2.99. The van der Waals surface area contributed by atoms with Crippen molar-refractivity contribution < 1.29 is 9.47 Å². The van der Waals surface area contributed by atoms with Crippen LogP contribution in [-0.4, -0.2) is 16.6 Å². The first kappa shape index (κ1) is 16.5. The van der Waals surface area contributed by atoms with Gasteiger partial charge in [0.1, 0.15) is 28.6 Å². The quantitative estimate of drug-likeness (QED) is 0.391. The van der Waals surface area contributed by atoms with E-state index in [9.17, 15) is 0 Å². The molecule has 2 heterocycles. The van der Waals surface area contributed by atoms with Gasteiger partial charge < -0.3 is 14.5 Å². The van der Waals surface area contributed by atoms with Crippen LogP contribution in [0.4, 0.5) is 0 Å². The monoisotopic (exact) mass is 362 g/mol. The Hall–Kier alpha value is -2.92. The molecular formula is C21H18N2O2S. The van der Waals surface area contributed by atoms with Gasteiger partial charge in [0, 0.05) is 12.0 Å². The summed E-state index contributed by atoms with van der Waals surface area (Å²) in [6.45, 7) is 6.19. The predicted molar refractivity (Wildman–Crippen MR) is 105 cm³/mol. The smallest absolute Gasteiger partial charge is 0.205 e. The van der Waals surface area contributed by atoms with E-state index in [2.05, 4.69) is 29.5 Å². The SMILES string of the molecule is C=CCOc1ccc(-c2nc(=S)c3c([nH]2)Oc2ccc(C)cc2C3)cc1. The molecule has 0 bridgehead atoms. The minimum Gasteiger partial charge on any atom is -0.490 e. The highest BCUT2D eigenvalue weighted by Gasteiger charge is 2.20. The van der Waals surface area contributed by atoms with Gasteiger partial charge in [-0.15, -0.1) is 0 Å². The summed E-state index contributed by atoms with van der Waals surface area (Å²) in [7, 11) is 0. The number of nitrogens with zero attached hydrogens (tertiary/aromatic N) is 1. The van der Waals surface area contributed by atoms with E-state index in [1.54, 1.807) is 6.08 Å². The van der Waals surface area contributed by atoms with E-state index in [4.69, 9.17) is 21.7 Å². The predicted octanol–water partition coefficient (Wildman–Crippen LogP) is 5.38. The Kier molecular flexibility index (Phi) is 4.31. The van der Waals surface area contributed by atoms with E-state index in [0.717, 1.165) is 34.6 Å². The van der Waals surface area contributed by atoms with Crippen molar-refractivity contribution in [3.8, 4) is 28.8 Å². The van der Waals surface area contributed by atoms with Crippen molar-refractivity contribution in [2.24, 2.45) is 0 Å². The fraction of sp³-hybridized carbons (Fsp3) is 0.143. The summed E-state index contributed by atoms with van der Waals surface area (Å²) in [6, 6.07) is 13.9. The summed E-state index contributed by atoms with van der Waals surface area (Å²) >= 11 is 5.52. The van der Waals surface area contributed by atoms with Crippen molar-refractivity contribution in [1.29, 1.82) is 0 Å². The fourth-order valence-corrected chi connectivity index (χ4v) is 3.22. The molecule has 0 atom stereocenters. The van der Waals surface area contributed by atoms with Crippen LogP contribution < -0.4 is 9.47 Å².